The van der Waals surface area contributed by atoms with Gasteiger partial charge in [-0.3, -0.25) is 0 Å². The zero-order chi connectivity index (χ0) is 64.1. The van der Waals surface area contributed by atoms with Crippen LogP contribution < -0.4 is 0 Å². The molecule has 454 valence electrons. The van der Waals surface area contributed by atoms with E-state index in [0.29, 0.717) is 0 Å². The molecule has 0 unspecified atom stereocenters. The minimum Gasteiger partial charge on any atom is -0.309 e. The molecule has 0 spiro atoms. The first-order valence-electron chi connectivity index (χ1n) is 33.9. The second-order valence-electron chi connectivity index (χ2n) is 26.2. The first kappa shape index (κ1) is 54.4. The summed E-state index contributed by atoms with van der Waals surface area (Å²) in [6.45, 7) is 0. The summed E-state index contributed by atoms with van der Waals surface area (Å²) in [4.78, 5) is 0. The van der Waals surface area contributed by atoms with E-state index in [2.05, 4.69) is 370 Å². The lowest BCUT2D eigenvalue weighted by molar-refractivity contribution is 1.18. The van der Waals surface area contributed by atoms with Crippen molar-refractivity contribution in [3.05, 3.63) is 352 Å². The summed E-state index contributed by atoms with van der Waals surface area (Å²) in [5, 5.41) is 18.1. The van der Waals surface area contributed by atoms with Gasteiger partial charge in [-0.15, -0.1) is 0 Å². The van der Waals surface area contributed by atoms with Crippen LogP contribution in [-0.2, 0) is 0 Å². The van der Waals surface area contributed by atoms with Gasteiger partial charge in [-0.1, -0.05) is 279 Å². The van der Waals surface area contributed by atoms with E-state index in [0.717, 1.165) is 11.4 Å². The molecule has 0 saturated heterocycles. The molecule has 0 aliphatic rings. The SMILES string of the molecule is c1ccc(-c2ccccc2-c2ccc(-n3c4cccc5c6ccccc6n6c7ccc8ccccc8c7c7ccc3c(c54)c76)cc2)cc1.c1ccc(-c2ccccc2-c2ccc(-n3c4cccc5c6ccccc6n6c7ccccc7c7cc(-c8ccccc8)c3c(c54)c76)cc2)cc1. The highest BCUT2D eigenvalue weighted by molar-refractivity contribution is 6.37. The van der Waals surface area contributed by atoms with Crippen LogP contribution in [0.25, 0.3) is 198 Å². The van der Waals surface area contributed by atoms with Gasteiger partial charge >= 0.3 is 0 Å². The minimum absolute atomic E-state index is 1.15. The smallest absolute Gasteiger partial charge is 0.0642 e. The van der Waals surface area contributed by atoms with E-state index < -0.39 is 0 Å². The molecular weight excluding hydrogens is 1190 g/mol. The summed E-state index contributed by atoms with van der Waals surface area (Å²) in [5.41, 5.74) is 27.0. The van der Waals surface area contributed by atoms with Crippen LogP contribution in [-0.4, -0.2) is 17.9 Å². The lowest BCUT2D eigenvalue weighted by atomic mass is 9.94. The Balaban J connectivity index is 0.000000129. The highest BCUT2D eigenvalue weighted by Crippen LogP contribution is 2.51. The van der Waals surface area contributed by atoms with Gasteiger partial charge in [0.25, 0.3) is 0 Å². The number of hydrogen-bond acceptors (Lipinski definition) is 0. The molecule has 0 N–H and O–H groups in total. The van der Waals surface area contributed by atoms with E-state index in [-0.39, 0.29) is 0 Å². The Morgan fingerprint density at radius 1 is 0.163 bits per heavy atom. The average molecular weight is 1240 g/mol. The normalized spacial score (nSPS) is 12.1. The van der Waals surface area contributed by atoms with Gasteiger partial charge in [-0.2, -0.15) is 0 Å². The van der Waals surface area contributed by atoms with Crippen LogP contribution in [0.3, 0.4) is 0 Å². The third-order valence-corrected chi connectivity index (χ3v) is 21.1. The number of aromatic nitrogens is 4. The van der Waals surface area contributed by atoms with E-state index in [4.69, 9.17) is 0 Å². The van der Waals surface area contributed by atoms with Crippen LogP contribution >= 0.6 is 0 Å². The number of hydrogen-bond donors (Lipinski definition) is 0. The van der Waals surface area contributed by atoms with Crippen LogP contribution in [0.15, 0.2) is 352 Å². The highest BCUT2D eigenvalue weighted by Gasteiger charge is 2.28. The molecule has 0 fully saturated rings. The van der Waals surface area contributed by atoms with Crippen molar-refractivity contribution in [3.63, 3.8) is 0 Å². The lowest BCUT2D eigenvalue weighted by Crippen LogP contribution is -1.97. The molecule has 6 aromatic heterocycles. The molecule has 0 aliphatic carbocycles. The standard InChI is InChI=1S/C48H30N2.C46H28N2/c1-3-14-31(15-4-1)35-18-7-8-19-36(35)33-26-28-34(29-27-33)49-44-25-13-22-39-37-20-9-11-23-42(37)50-43-24-12-10-21-38(43)41-30-40(32-16-5-2-6-17-32)47(49)46(45(39)44)48(41)50;1-2-11-29(12-3-1)33-14-6-7-15-34(33)31-21-24-32(25-22-31)47-40-20-10-18-37-36-17-8-9-19-39(36)48-41-27-23-30-13-4-5-16-35(30)43(41)38-26-28-42(47)45(44(37)40)46(38)48/h1-30H;1-28H. The predicted molar refractivity (Wildman–Crippen MR) is 416 cm³/mol. The van der Waals surface area contributed by atoms with Crippen molar-refractivity contribution in [3.8, 4) is 67.0 Å². The van der Waals surface area contributed by atoms with Crippen LogP contribution in [0, 0.1) is 0 Å². The van der Waals surface area contributed by atoms with Crippen LogP contribution in [0.1, 0.15) is 0 Å². The molecule has 0 atom stereocenters. The molecule has 0 amide bonds. The highest BCUT2D eigenvalue weighted by atomic mass is 15.0. The first-order chi connectivity index (χ1) is 48.7. The fraction of sp³-hybridized carbons (Fsp3) is 0. The average Bonchev–Trinajstić information content (AvgIpc) is 1.51. The van der Waals surface area contributed by atoms with E-state index in [9.17, 15) is 0 Å². The number of rotatable bonds is 7. The maximum absolute atomic E-state index is 2.53. The number of para-hydroxylation sites is 3. The molecule has 4 nitrogen and oxygen atoms in total. The van der Waals surface area contributed by atoms with Crippen molar-refractivity contribution >= 4 is 131 Å². The third kappa shape index (κ3) is 7.82. The summed E-state index contributed by atoms with van der Waals surface area (Å²) >= 11 is 0. The van der Waals surface area contributed by atoms with E-state index >= 15 is 0 Å². The Hall–Kier alpha value is -13.0. The van der Waals surface area contributed by atoms with E-state index in [1.54, 1.807) is 0 Å². The summed E-state index contributed by atoms with van der Waals surface area (Å²) < 4.78 is 10.0. The molecule has 6 heterocycles. The van der Waals surface area contributed by atoms with E-state index in [1.165, 1.54) is 186 Å². The molecule has 16 aromatic carbocycles. The second kappa shape index (κ2) is 21.2. The van der Waals surface area contributed by atoms with Gasteiger partial charge in [0, 0.05) is 70.8 Å². The van der Waals surface area contributed by atoms with Gasteiger partial charge in [0.05, 0.1) is 55.2 Å². The van der Waals surface area contributed by atoms with Gasteiger partial charge in [-0.05, 0) is 144 Å². The topological polar surface area (TPSA) is 18.7 Å². The minimum atomic E-state index is 1.15. The third-order valence-electron chi connectivity index (χ3n) is 21.1. The maximum Gasteiger partial charge on any atom is 0.0642 e. The Labute approximate surface area is 563 Å². The summed E-state index contributed by atoms with van der Waals surface area (Å²) in [6.07, 6.45) is 0. The molecule has 22 rings (SSSR count). The fourth-order valence-electron chi connectivity index (χ4n) is 17.0. The molecule has 0 aliphatic heterocycles. The Bertz CT molecular complexity index is 6930. The Morgan fingerprint density at radius 2 is 0.531 bits per heavy atom. The molecule has 4 heteroatoms. The van der Waals surface area contributed by atoms with Crippen molar-refractivity contribution in [1.29, 1.82) is 0 Å². The van der Waals surface area contributed by atoms with Crippen LogP contribution in [0.5, 0.6) is 0 Å². The number of nitrogens with zero attached hydrogens (tertiary/aromatic N) is 4. The zero-order valence-corrected chi connectivity index (χ0v) is 53.3. The largest absolute Gasteiger partial charge is 0.309 e. The second-order valence-corrected chi connectivity index (χ2v) is 26.2. The van der Waals surface area contributed by atoms with E-state index in [1.807, 2.05) is 0 Å². The van der Waals surface area contributed by atoms with Gasteiger partial charge in [0.15, 0.2) is 0 Å². The lowest BCUT2D eigenvalue weighted by Gasteiger charge is -2.15. The van der Waals surface area contributed by atoms with Crippen LogP contribution in [0.2, 0.25) is 0 Å². The Morgan fingerprint density at radius 3 is 1.07 bits per heavy atom. The van der Waals surface area contributed by atoms with Crippen LogP contribution in [0.4, 0.5) is 0 Å². The molecule has 0 radical (unpaired) electrons. The molecule has 22 aromatic rings. The Kier molecular flexibility index (Phi) is 11.8. The van der Waals surface area contributed by atoms with Gasteiger partial charge in [0.1, 0.15) is 0 Å². The fourth-order valence-corrected chi connectivity index (χ4v) is 17.0. The summed E-state index contributed by atoms with van der Waals surface area (Å²) in [6, 6.07) is 129. The van der Waals surface area contributed by atoms with Gasteiger partial charge in [-0.25, -0.2) is 0 Å². The quantitative estimate of drug-likeness (QED) is 0.151. The molecular formula is C94H58N4. The first-order valence-corrected chi connectivity index (χ1v) is 33.9. The predicted octanol–water partition coefficient (Wildman–Crippen LogP) is 25.4. The van der Waals surface area contributed by atoms with Crippen molar-refractivity contribution in [1.82, 2.24) is 17.9 Å². The summed E-state index contributed by atoms with van der Waals surface area (Å²) in [7, 11) is 0. The monoisotopic (exact) mass is 1240 g/mol. The van der Waals surface area contributed by atoms with Gasteiger partial charge in [0.2, 0.25) is 0 Å². The molecule has 0 saturated carbocycles. The number of fused-ring (bicyclic) bond motifs is 14. The van der Waals surface area contributed by atoms with Crippen molar-refractivity contribution < 1.29 is 0 Å². The van der Waals surface area contributed by atoms with Crippen molar-refractivity contribution in [2.24, 2.45) is 0 Å². The van der Waals surface area contributed by atoms with Crippen molar-refractivity contribution in [2.45, 2.75) is 0 Å². The van der Waals surface area contributed by atoms with Crippen molar-refractivity contribution in [2.75, 3.05) is 0 Å². The van der Waals surface area contributed by atoms with Gasteiger partial charge < -0.3 is 17.9 Å². The zero-order valence-electron chi connectivity index (χ0n) is 53.3. The molecule has 98 heavy (non-hydrogen) atoms. The number of benzene rings is 16. The maximum atomic E-state index is 2.53. The molecule has 0 bridgehead atoms. The summed E-state index contributed by atoms with van der Waals surface area (Å²) in [5.74, 6) is 0.